The number of aryl methyl sites for hydroxylation is 2. The average molecular weight is 397 g/mol. The Balaban J connectivity index is 2.01. The van der Waals surface area contributed by atoms with E-state index < -0.39 is 0 Å². The molecular weight excluding hydrogens is 372 g/mol. The molecule has 0 aliphatic carbocycles. The van der Waals surface area contributed by atoms with Gasteiger partial charge in [-0.05, 0) is 55.7 Å². The molecule has 3 rings (SSSR count). The molecule has 0 saturated heterocycles. The quantitative estimate of drug-likeness (QED) is 0.256. The van der Waals surface area contributed by atoms with Gasteiger partial charge >= 0.3 is 5.97 Å². The number of hydrogen-bond donors (Lipinski definition) is 0. The molecule has 0 unspecified atom stereocenters. The highest BCUT2D eigenvalue weighted by Gasteiger charge is 2.15. The Hall–Kier alpha value is -2.60. The number of para-hydroxylation sites is 1. The number of nitrogens with zero attached hydrogens (tertiary/aromatic N) is 2. The van der Waals surface area contributed by atoms with Crippen LogP contribution in [-0.2, 0) is 9.53 Å². The smallest absolute Gasteiger partial charge is 0.316 e. The number of unbranched alkanes of at least 4 members (excludes halogenated alkanes) is 1. The first kappa shape index (κ1) is 20.1. The number of rotatable bonds is 7. The second-order valence-electron chi connectivity index (χ2n) is 6.68. The van der Waals surface area contributed by atoms with Crippen LogP contribution in [0.4, 0.5) is 0 Å². The maximum Gasteiger partial charge on any atom is 0.316 e. The van der Waals surface area contributed by atoms with Crippen molar-refractivity contribution in [3.63, 3.8) is 0 Å². The van der Waals surface area contributed by atoms with Gasteiger partial charge in [0.25, 0.3) is 5.56 Å². The van der Waals surface area contributed by atoms with Gasteiger partial charge in [-0.3, -0.25) is 14.2 Å². The Bertz CT molecular complexity index is 1060. The van der Waals surface area contributed by atoms with Crippen LogP contribution in [-0.4, -0.2) is 27.9 Å². The molecule has 0 aliphatic rings. The van der Waals surface area contributed by atoms with Gasteiger partial charge in [-0.15, -0.1) is 0 Å². The molecule has 0 fully saturated rings. The summed E-state index contributed by atoms with van der Waals surface area (Å²) in [4.78, 5) is 29.9. The molecule has 0 bridgehead atoms. The van der Waals surface area contributed by atoms with Crippen LogP contribution in [0.2, 0.25) is 0 Å². The highest BCUT2D eigenvalue weighted by Crippen LogP contribution is 2.23. The minimum atomic E-state index is -0.299. The number of hydrogen-bond acceptors (Lipinski definition) is 5. The summed E-state index contributed by atoms with van der Waals surface area (Å²) >= 11 is 1.22. The van der Waals surface area contributed by atoms with Gasteiger partial charge < -0.3 is 4.74 Å². The Morgan fingerprint density at radius 2 is 1.93 bits per heavy atom. The van der Waals surface area contributed by atoms with Gasteiger partial charge in [0.1, 0.15) is 0 Å². The number of carbonyl (C=O) groups excluding carboxylic acids is 1. The highest BCUT2D eigenvalue weighted by atomic mass is 32.2. The summed E-state index contributed by atoms with van der Waals surface area (Å²) in [5, 5.41) is 1.04. The van der Waals surface area contributed by atoms with Crippen LogP contribution in [0.15, 0.2) is 52.4 Å². The third kappa shape index (κ3) is 4.44. The minimum Gasteiger partial charge on any atom is -0.465 e. The fourth-order valence-electron chi connectivity index (χ4n) is 2.80. The van der Waals surface area contributed by atoms with E-state index in [0.29, 0.717) is 22.7 Å². The third-order valence-electron chi connectivity index (χ3n) is 4.57. The fraction of sp³-hybridized carbons (Fsp3) is 0.318. The number of thioether (sulfide) groups is 1. The number of aromatic nitrogens is 2. The fourth-order valence-corrected chi connectivity index (χ4v) is 3.61. The van der Waals surface area contributed by atoms with Crippen molar-refractivity contribution >= 4 is 28.6 Å². The highest BCUT2D eigenvalue weighted by molar-refractivity contribution is 7.99. The van der Waals surface area contributed by atoms with Crippen molar-refractivity contribution in [2.24, 2.45) is 0 Å². The summed E-state index contributed by atoms with van der Waals surface area (Å²) in [7, 11) is 0. The monoisotopic (exact) mass is 396 g/mol. The summed E-state index contributed by atoms with van der Waals surface area (Å²) < 4.78 is 6.81. The van der Waals surface area contributed by atoms with E-state index in [2.05, 4.69) is 4.98 Å². The second-order valence-corrected chi connectivity index (χ2v) is 7.63. The topological polar surface area (TPSA) is 61.2 Å². The molecule has 0 atom stereocenters. The van der Waals surface area contributed by atoms with E-state index in [9.17, 15) is 9.59 Å². The number of benzene rings is 2. The van der Waals surface area contributed by atoms with E-state index in [0.717, 1.165) is 29.7 Å². The van der Waals surface area contributed by atoms with Crippen molar-refractivity contribution in [1.82, 2.24) is 9.55 Å². The van der Waals surface area contributed by atoms with Crippen LogP contribution < -0.4 is 5.56 Å². The molecule has 1 heterocycles. The van der Waals surface area contributed by atoms with E-state index in [-0.39, 0.29) is 17.3 Å². The van der Waals surface area contributed by atoms with E-state index in [1.54, 1.807) is 10.6 Å². The van der Waals surface area contributed by atoms with Crippen LogP contribution in [0.3, 0.4) is 0 Å². The van der Waals surface area contributed by atoms with Gasteiger partial charge in [-0.25, -0.2) is 4.98 Å². The van der Waals surface area contributed by atoms with Crippen molar-refractivity contribution in [3.05, 3.63) is 63.9 Å². The van der Waals surface area contributed by atoms with Crippen molar-refractivity contribution in [2.45, 2.75) is 38.8 Å². The summed E-state index contributed by atoms with van der Waals surface area (Å²) in [6.45, 7) is 6.51. The molecule has 1 aromatic heterocycles. The molecule has 6 heteroatoms. The molecule has 0 aliphatic heterocycles. The van der Waals surface area contributed by atoms with Gasteiger partial charge in [-0.2, -0.15) is 0 Å². The van der Waals surface area contributed by atoms with Crippen LogP contribution in [0, 0.1) is 13.8 Å². The largest absolute Gasteiger partial charge is 0.465 e. The summed E-state index contributed by atoms with van der Waals surface area (Å²) in [6.07, 6.45) is 1.82. The van der Waals surface area contributed by atoms with Gasteiger partial charge in [0, 0.05) is 0 Å². The van der Waals surface area contributed by atoms with Crippen molar-refractivity contribution in [1.29, 1.82) is 0 Å². The van der Waals surface area contributed by atoms with E-state index in [4.69, 9.17) is 4.74 Å². The maximum absolute atomic E-state index is 13.2. The SMILES string of the molecule is CCCCOC(=O)CSc1nc2ccccc2c(=O)n1-c1ccc(C)c(C)c1. The summed E-state index contributed by atoms with van der Waals surface area (Å²) in [5.41, 5.74) is 3.46. The molecule has 146 valence electrons. The Morgan fingerprint density at radius 3 is 2.68 bits per heavy atom. The normalized spacial score (nSPS) is 11.0. The summed E-state index contributed by atoms with van der Waals surface area (Å²) in [6, 6.07) is 13.1. The van der Waals surface area contributed by atoms with Crippen molar-refractivity contribution < 1.29 is 9.53 Å². The number of esters is 1. The van der Waals surface area contributed by atoms with Gasteiger partial charge in [-0.1, -0.05) is 43.3 Å². The van der Waals surface area contributed by atoms with E-state index in [1.807, 2.05) is 57.2 Å². The van der Waals surface area contributed by atoms with Crippen LogP contribution in [0.1, 0.15) is 30.9 Å². The van der Waals surface area contributed by atoms with Gasteiger partial charge in [0.2, 0.25) is 0 Å². The number of carbonyl (C=O) groups is 1. The Kier molecular flexibility index (Phi) is 6.52. The zero-order valence-electron chi connectivity index (χ0n) is 16.4. The molecule has 28 heavy (non-hydrogen) atoms. The predicted octanol–water partition coefficient (Wildman–Crippen LogP) is 4.44. The average Bonchev–Trinajstić information content (AvgIpc) is 2.69. The maximum atomic E-state index is 13.2. The zero-order chi connectivity index (χ0) is 20.1. The lowest BCUT2D eigenvalue weighted by Crippen LogP contribution is -2.22. The van der Waals surface area contributed by atoms with Crippen molar-refractivity contribution in [3.8, 4) is 5.69 Å². The molecule has 0 N–H and O–H groups in total. The molecule has 0 radical (unpaired) electrons. The molecule has 3 aromatic rings. The van der Waals surface area contributed by atoms with Crippen molar-refractivity contribution in [2.75, 3.05) is 12.4 Å². The first-order chi connectivity index (χ1) is 13.5. The molecule has 2 aromatic carbocycles. The molecule has 0 saturated carbocycles. The van der Waals surface area contributed by atoms with Crippen LogP contribution in [0.25, 0.3) is 16.6 Å². The van der Waals surface area contributed by atoms with Gasteiger partial charge in [0.05, 0.1) is 29.0 Å². The molecule has 5 nitrogen and oxygen atoms in total. The third-order valence-corrected chi connectivity index (χ3v) is 5.49. The first-order valence-corrected chi connectivity index (χ1v) is 10.4. The lowest BCUT2D eigenvalue weighted by Gasteiger charge is -2.14. The lowest BCUT2D eigenvalue weighted by molar-refractivity contribution is -0.140. The summed E-state index contributed by atoms with van der Waals surface area (Å²) in [5.74, 6) is -0.188. The molecular formula is C22H24N2O3S. The Labute approximate surface area is 168 Å². The van der Waals surface area contributed by atoms with Crippen LogP contribution >= 0.6 is 11.8 Å². The zero-order valence-corrected chi connectivity index (χ0v) is 17.2. The minimum absolute atomic E-state index is 0.110. The second kappa shape index (κ2) is 9.06. The molecule has 0 amide bonds. The first-order valence-electron chi connectivity index (χ1n) is 9.39. The predicted molar refractivity (Wildman–Crippen MR) is 113 cm³/mol. The van der Waals surface area contributed by atoms with E-state index >= 15 is 0 Å². The standard InChI is InChI=1S/C22H24N2O3S/c1-4-5-12-27-20(25)14-28-22-23-19-9-7-6-8-18(19)21(26)24(22)17-11-10-15(2)16(3)13-17/h6-11,13H,4-5,12,14H2,1-3H3. The molecule has 0 spiro atoms. The number of ether oxygens (including phenoxy) is 1. The van der Waals surface area contributed by atoms with Crippen LogP contribution in [0.5, 0.6) is 0 Å². The number of fused-ring (bicyclic) bond motifs is 1. The van der Waals surface area contributed by atoms with Gasteiger partial charge in [0.15, 0.2) is 5.16 Å². The lowest BCUT2D eigenvalue weighted by atomic mass is 10.1. The Morgan fingerprint density at radius 1 is 1.14 bits per heavy atom. The van der Waals surface area contributed by atoms with E-state index in [1.165, 1.54) is 11.8 Å².